The minimum atomic E-state index is -0.101. The van der Waals surface area contributed by atoms with Crippen molar-refractivity contribution in [2.75, 3.05) is 11.9 Å². The topological polar surface area (TPSA) is 55.4 Å². The molecule has 1 aliphatic rings. The van der Waals surface area contributed by atoms with Gasteiger partial charge in [0.1, 0.15) is 0 Å². The molecule has 96 valence electrons. The highest BCUT2D eigenvalue weighted by atomic mass is 16.5. The fourth-order valence-electron chi connectivity index (χ4n) is 2.11. The molecule has 1 aliphatic heterocycles. The molecule has 1 amide bonds. The van der Waals surface area contributed by atoms with Gasteiger partial charge in [-0.3, -0.25) is 9.59 Å². The van der Waals surface area contributed by atoms with Crippen molar-refractivity contribution >= 4 is 17.4 Å². The normalized spacial score (nSPS) is 18.6. The van der Waals surface area contributed by atoms with Crippen molar-refractivity contribution in [2.24, 2.45) is 0 Å². The van der Waals surface area contributed by atoms with Crippen LogP contribution in [-0.2, 0) is 9.53 Å². The number of hydrogen-bond donors (Lipinski definition) is 1. The highest BCUT2D eigenvalue weighted by Gasteiger charge is 2.19. The van der Waals surface area contributed by atoms with E-state index in [-0.39, 0.29) is 17.8 Å². The summed E-state index contributed by atoms with van der Waals surface area (Å²) in [6.45, 7) is 2.23. The Morgan fingerprint density at radius 2 is 2.17 bits per heavy atom. The number of ether oxygens (including phenoxy) is 1. The van der Waals surface area contributed by atoms with Crippen LogP contribution in [0.4, 0.5) is 5.69 Å². The Balaban J connectivity index is 2.00. The Bertz CT molecular complexity index is 450. The quantitative estimate of drug-likeness (QED) is 0.831. The van der Waals surface area contributed by atoms with Crippen LogP contribution in [0.25, 0.3) is 0 Å². The predicted octanol–water partition coefficient (Wildman–Crippen LogP) is 2.40. The maximum Gasteiger partial charge on any atom is 0.227 e. The smallest absolute Gasteiger partial charge is 0.227 e. The number of anilines is 1. The number of hydrogen-bond acceptors (Lipinski definition) is 3. The Kier molecular flexibility index (Phi) is 4.10. The molecule has 1 aromatic rings. The largest absolute Gasteiger partial charge is 0.378 e. The first-order chi connectivity index (χ1) is 8.66. The van der Waals surface area contributed by atoms with Crippen molar-refractivity contribution in [2.45, 2.75) is 32.3 Å². The Labute approximate surface area is 106 Å². The van der Waals surface area contributed by atoms with E-state index in [2.05, 4.69) is 5.32 Å². The Morgan fingerprint density at radius 1 is 1.39 bits per heavy atom. The lowest BCUT2D eigenvalue weighted by molar-refractivity contribution is -0.118. The van der Waals surface area contributed by atoms with Gasteiger partial charge in [-0.15, -0.1) is 0 Å². The molecule has 0 spiro atoms. The Hall–Kier alpha value is -1.68. The van der Waals surface area contributed by atoms with Crippen LogP contribution in [0.15, 0.2) is 24.3 Å². The molecule has 1 fully saturated rings. The second-order valence-electron chi connectivity index (χ2n) is 4.49. The van der Waals surface area contributed by atoms with Crippen LogP contribution >= 0.6 is 0 Å². The van der Waals surface area contributed by atoms with E-state index in [4.69, 9.17) is 4.74 Å². The molecule has 0 aliphatic carbocycles. The van der Waals surface area contributed by atoms with Crippen LogP contribution in [0.1, 0.15) is 36.5 Å². The summed E-state index contributed by atoms with van der Waals surface area (Å²) in [5.41, 5.74) is 1.12. The number of benzene rings is 1. The Morgan fingerprint density at radius 3 is 2.83 bits per heavy atom. The molecule has 0 radical (unpaired) electrons. The van der Waals surface area contributed by atoms with Crippen molar-refractivity contribution < 1.29 is 14.3 Å². The van der Waals surface area contributed by atoms with Crippen LogP contribution in [0.2, 0.25) is 0 Å². The monoisotopic (exact) mass is 247 g/mol. The summed E-state index contributed by atoms with van der Waals surface area (Å²) in [6, 6.07) is 7.04. The number of carbonyl (C=O) groups excluding carboxylic acids is 2. The van der Waals surface area contributed by atoms with Gasteiger partial charge in [0, 0.05) is 12.2 Å². The van der Waals surface area contributed by atoms with Crippen LogP contribution < -0.4 is 5.32 Å². The van der Waals surface area contributed by atoms with Gasteiger partial charge < -0.3 is 10.1 Å². The molecule has 1 saturated heterocycles. The van der Waals surface area contributed by atoms with Gasteiger partial charge in [0.15, 0.2) is 5.78 Å². The van der Waals surface area contributed by atoms with Gasteiger partial charge in [-0.25, -0.2) is 0 Å². The van der Waals surface area contributed by atoms with E-state index in [1.165, 1.54) is 6.92 Å². The van der Waals surface area contributed by atoms with Gasteiger partial charge in [0.05, 0.1) is 18.2 Å². The molecule has 0 saturated carbocycles. The second-order valence-corrected chi connectivity index (χ2v) is 4.49. The van der Waals surface area contributed by atoms with E-state index in [1.54, 1.807) is 24.3 Å². The van der Waals surface area contributed by atoms with Gasteiger partial charge in [0.25, 0.3) is 0 Å². The molecule has 1 N–H and O–H groups in total. The van der Waals surface area contributed by atoms with Gasteiger partial charge in [-0.1, -0.05) is 12.1 Å². The standard InChI is InChI=1S/C14H17NO3/c1-10(16)12-6-2-3-7-13(12)15-14(17)9-11-5-4-8-18-11/h2-3,6-7,11H,4-5,8-9H2,1H3,(H,15,17). The first kappa shape index (κ1) is 12.8. The molecule has 1 aromatic carbocycles. The molecular formula is C14H17NO3. The number of amides is 1. The lowest BCUT2D eigenvalue weighted by Crippen LogP contribution is -2.20. The summed E-state index contributed by atoms with van der Waals surface area (Å²) in [4.78, 5) is 23.3. The maximum absolute atomic E-state index is 11.8. The lowest BCUT2D eigenvalue weighted by atomic mass is 10.1. The third kappa shape index (κ3) is 3.17. The summed E-state index contributed by atoms with van der Waals surface area (Å²) >= 11 is 0. The highest BCUT2D eigenvalue weighted by molar-refractivity contribution is 6.03. The fourth-order valence-corrected chi connectivity index (χ4v) is 2.11. The average molecular weight is 247 g/mol. The highest BCUT2D eigenvalue weighted by Crippen LogP contribution is 2.19. The summed E-state index contributed by atoms with van der Waals surface area (Å²) in [7, 11) is 0. The number of nitrogens with one attached hydrogen (secondary N) is 1. The first-order valence-electron chi connectivity index (χ1n) is 6.18. The van der Waals surface area contributed by atoms with Gasteiger partial charge >= 0.3 is 0 Å². The lowest BCUT2D eigenvalue weighted by Gasteiger charge is -2.11. The fraction of sp³-hybridized carbons (Fsp3) is 0.429. The third-order valence-electron chi connectivity index (χ3n) is 3.02. The van der Waals surface area contributed by atoms with Crippen molar-refractivity contribution in [1.82, 2.24) is 0 Å². The number of carbonyl (C=O) groups is 2. The molecule has 18 heavy (non-hydrogen) atoms. The van der Waals surface area contributed by atoms with Crippen LogP contribution in [0, 0.1) is 0 Å². The van der Waals surface area contributed by atoms with Crippen molar-refractivity contribution in [3.8, 4) is 0 Å². The molecular weight excluding hydrogens is 230 g/mol. The van der Waals surface area contributed by atoms with Gasteiger partial charge in [0.2, 0.25) is 5.91 Å². The number of ketones is 1. The number of para-hydroxylation sites is 1. The number of Topliss-reactive ketones (excluding diaryl/α,β-unsaturated/α-hetero) is 1. The zero-order valence-corrected chi connectivity index (χ0v) is 10.4. The van der Waals surface area contributed by atoms with Gasteiger partial charge in [-0.2, -0.15) is 0 Å². The molecule has 0 bridgehead atoms. The van der Waals surface area contributed by atoms with E-state index < -0.39 is 0 Å². The molecule has 1 heterocycles. The van der Waals surface area contributed by atoms with E-state index in [0.29, 0.717) is 17.7 Å². The van der Waals surface area contributed by atoms with Crippen LogP contribution in [-0.4, -0.2) is 24.4 Å². The van der Waals surface area contributed by atoms with Gasteiger partial charge in [-0.05, 0) is 31.9 Å². The summed E-state index contributed by atoms with van der Waals surface area (Å²) < 4.78 is 5.41. The maximum atomic E-state index is 11.8. The molecule has 1 atom stereocenters. The molecule has 1 unspecified atom stereocenters. The van der Waals surface area contributed by atoms with E-state index >= 15 is 0 Å². The van der Waals surface area contributed by atoms with Crippen LogP contribution in [0.3, 0.4) is 0 Å². The second kappa shape index (κ2) is 5.78. The average Bonchev–Trinajstić information content (AvgIpc) is 2.82. The first-order valence-corrected chi connectivity index (χ1v) is 6.18. The van der Waals surface area contributed by atoms with Crippen LogP contribution in [0.5, 0.6) is 0 Å². The van der Waals surface area contributed by atoms with Crippen molar-refractivity contribution in [3.63, 3.8) is 0 Å². The molecule has 4 nitrogen and oxygen atoms in total. The molecule has 4 heteroatoms. The van der Waals surface area contributed by atoms with E-state index in [1.807, 2.05) is 0 Å². The summed E-state index contributed by atoms with van der Waals surface area (Å²) in [5.74, 6) is -0.154. The van der Waals surface area contributed by atoms with Crippen molar-refractivity contribution in [1.29, 1.82) is 0 Å². The summed E-state index contributed by atoms with van der Waals surface area (Å²) in [5, 5.41) is 2.78. The van der Waals surface area contributed by atoms with E-state index in [0.717, 1.165) is 19.4 Å². The zero-order valence-electron chi connectivity index (χ0n) is 10.4. The molecule has 0 aromatic heterocycles. The molecule has 2 rings (SSSR count). The minimum absolute atomic E-state index is 0.0227. The number of rotatable bonds is 4. The predicted molar refractivity (Wildman–Crippen MR) is 68.7 cm³/mol. The minimum Gasteiger partial charge on any atom is -0.378 e. The third-order valence-corrected chi connectivity index (χ3v) is 3.02. The summed E-state index contributed by atoms with van der Waals surface area (Å²) in [6.07, 6.45) is 2.32. The SMILES string of the molecule is CC(=O)c1ccccc1NC(=O)CC1CCCO1. The zero-order chi connectivity index (χ0) is 13.0. The van der Waals surface area contributed by atoms with E-state index in [9.17, 15) is 9.59 Å². The van der Waals surface area contributed by atoms with Crippen molar-refractivity contribution in [3.05, 3.63) is 29.8 Å².